The van der Waals surface area contributed by atoms with E-state index < -0.39 is 11.9 Å². The lowest BCUT2D eigenvalue weighted by Crippen LogP contribution is -2.21. The lowest BCUT2D eigenvalue weighted by atomic mass is 10.1. The Morgan fingerprint density at radius 2 is 2.08 bits per heavy atom. The third-order valence-corrected chi connectivity index (χ3v) is 4.68. The second-order valence-corrected chi connectivity index (χ2v) is 6.84. The lowest BCUT2D eigenvalue weighted by molar-refractivity contribution is 0.0528. The van der Waals surface area contributed by atoms with Gasteiger partial charge in [-0.2, -0.15) is 0 Å². The van der Waals surface area contributed by atoms with Crippen molar-refractivity contribution in [1.29, 1.82) is 5.41 Å². The van der Waals surface area contributed by atoms with Crippen molar-refractivity contribution < 1.29 is 18.7 Å². The number of carbonyl (C=O) groups excluding carboxylic acids is 2. The Balaban J connectivity index is 1.93. The average molecular weight is 421 g/mol. The predicted molar refractivity (Wildman–Crippen MR) is 98.0 cm³/mol. The number of nitrogens with one attached hydrogen (secondary N) is 2. The summed E-state index contributed by atoms with van der Waals surface area (Å²) in [6, 6.07) is 8.48. The molecule has 1 amide bonds. The van der Waals surface area contributed by atoms with E-state index in [2.05, 4.69) is 21.2 Å². The first-order valence-corrected chi connectivity index (χ1v) is 9.01. The summed E-state index contributed by atoms with van der Waals surface area (Å²) < 4.78 is 11.2. The Kier molecular flexibility index (Phi) is 5.00. The van der Waals surface area contributed by atoms with Crippen LogP contribution in [0.4, 0.5) is 5.00 Å². The van der Waals surface area contributed by atoms with Crippen LogP contribution in [0.25, 0.3) is 11.0 Å². The SMILES string of the molecule is CCOC(=O)c1ccsc1NC(=O)c1cc2cc(Br)ccc2oc1=N. The van der Waals surface area contributed by atoms with Gasteiger partial charge >= 0.3 is 5.97 Å². The zero-order valence-electron chi connectivity index (χ0n) is 13.1. The number of hydrogen-bond donors (Lipinski definition) is 2. The van der Waals surface area contributed by atoms with Crippen LogP contribution >= 0.6 is 27.3 Å². The van der Waals surface area contributed by atoms with Crippen LogP contribution in [-0.2, 0) is 4.74 Å². The Labute approximate surface area is 155 Å². The Hall–Kier alpha value is -2.45. The maximum Gasteiger partial charge on any atom is 0.341 e. The van der Waals surface area contributed by atoms with Gasteiger partial charge in [0.15, 0.2) is 0 Å². The van der Waals surface area contributed by atoms with Crippen molar-refractivity contribution in [2.45, 2.75) is 6.92 Å². The molecule has 0 fully saturated rings. The second-order valence-electron chi connectivity index (χ2n) is 5.01. The van der Waals surface area contributed by atoms with Gasteiger partial charge in [-0.1, -0.05) is 15.9 Å². The highest BCUT2D eigenvalue weighted by Gasteiger charge is 2.18. The van der Waals surface area contributed by atoms with Crippen molar-refractivity contribution in [3.05, 3.63) is 56.9 Å². The molecular formula is C17H13BrN2O4S. The third-order valence-electron chi connectivity index (χ3n) is 3.36. The summed E-state index contributed by atoms with van der Waals surface area (Å²) in [4.78, 5) is 24.4. The number of amides is 1. The summed E-state index contributed by atoms with van der Waals surface area (Å²) in [5, 5.41) is 13.3. The van der Waals surface area contributed by atoms with Crippen molar-refractivity contribution in [2.24, 2.45) is 0 Å². The molecule has 0 radical (unpaired) electrons. The van der Waals surface area contributed by atoms with Crippen molar-refractivity contribution in [2.75, 3.05) is 11.9 Å². The monoisotopic (exact) mass is 420 g/mol. The number of thiophene rings is 1. The molecule has 0 bridgehead atoms. The Bertz CT molecular complexity index is 1020. The number of ether oxygens (including phenoxy) is 1. The van der Waals surface area contributed by atoms with E-state index in [1.807, 2.05) is 0 Å². The third kappa shape index (κ3) is 3.64. The Morgan fingerprint density at radius 3 is 2.84 bits per heavy atom. The van der Waals surface area contributed by atoms with Crippen LogP contribution in [0, 0.1) is 5.41 Å². The summed E-state index contributed by atoms with van der Waals surface area (Å²) in [7, 11) is 0. The van der Waals surface area contributed by atoms with Crippen LogP contribution in [0.5, 0.6) is 0 Å². The molecular weight excluding hydrogens is 408 g/mol. The number of halogens is 1. The van der Waals surface area contributed by atoms with Gasteiger partial charge in [-0.05, 0) is 42.6 Å². The largest absolute Gasteiger partial charge is 0.462 e. The van der Waals surface area contributed by atoms with Gasteiger partial charge in [0.25, 0.3) is 5.91 Å². The standard InChI is InChI=1S/C17H13BrN2O4S/c1-2-23-17(22)11-5-6-25-16(11)20-15(21)12-8-9-7-10(18)3-4-13(9)24-14(12)19/h3-8,19H,2H2,1H3,(H,20,21). The van der Waals surface area contributed by atoms with E-state index in [9.17, 15) is 9.59 Å². The molecule has 3 aromatic rings. The Morgan fingerprint density at radius 1 is 1.28 bits per heavy atom. The summed E-state index contributed by atoms with van der Waals surface area (Å²) in [6.07, 6.45) is 0. The second kappa shape index (κ2) is 7.20. The summed E-state index contributed by atoms with van der Waals surface area (Å²) >= 11 is 4.57. The molecule has 0 spiro atoms. The number of fused-ring (bicyclic) bond motifs is 1. The molecule has 8 heteroatoms. The molecule has 2 aromatic heterocycles. The lowest BCUT2D eigenvalue weighted by Gasteiger charge is -2.07. The van der Waals surface area contributed by atoms with Gasteiger partial charge in [-0.15, -0.1) is 11.3 Å². The van der Waals surface area contributed by atoms with Crippen LogP contribution in [0.15, 0.2) is 44.6 Å². The van der Waals surface area contributed by atoms with Gasteiger partial charge < -0.3 is 14.5 Å². The molecule has 2 N–H and O–H groups in total. The van der Waals surface area contributed by atoms with E-state index in [1.165, 1.54) is 11.3 Å². The van der Waals surface area contributed by atoms with E-state index in [0.717, 1.165) is 4.47 Å². The smallest absolute Gasteiger partial charge is 0.341 e. The van der Waals surface area contributed by atoms with Gasteiger partial charge in [0, 0.05) is 9.86 Å². The first-order valence-electron chi connectivity index (χ1n) is 7.33. The molecule has 1 aromatic carbocycles. The van der Waals surface area contributed by atoms with Crippen LogP contribution in [0.3, 0.4) is 0 Å². The van der Waals surface area contributed by atoms with E-state index in [0.29, 0.717) is 16.0 Å². The number of esters is 1. The molecule has 0 saturated carbocycles. The number of anilines is 1. The number of rotatable bonds is 4. The van der Waals surface area contributed by atoms with Gasteiger partial charge in [-0.3, -0.25) is 10.2 Å². The topological polar surface area (TPSA) is 92.4 Å². The highest BCUT2D eigenvalue weighted by molar-refractivity contribution is 9.10. The number of benzene rings is 1. The highest BCUT2D eigenvalue weighted by Crippen LogP contribution is 2.25. The molecule has 25 heavy (non-hydrogen) atoms. The zero-order chi connectivity index (χ0) is 18.0. The van der Waals surface area contributed by atoms with Gasteiger partial charge in [0.1, 0.15) is 16.1 Å². The van der Waals surface area contributed by atoms with Crippen molar-refractivity contribution in [1.82, 2.24) is 0 Å². The highest BCUT2D eigenvalue weighted by atomic mass is 79.9. The quantitative estimate of drug-likeness (QED) is 0.619. The molecule has 0 atom stereocenters. The average Bonchev–Trinajstić information content (AvgIpc) is 3.03. The van der Waals surface area contributed by atoms with Gasteiger partial charge in [0.05, 0.1) is 12.2 Å². The van der Waals surface area contributed by atoms with Crippen molar-refractivity contribution in [3.63, 3.8) is 0 Å². The maximum absolute atomic E-state index is 12.5. The van der Waals surface area contributed by atoms with Crippen molar-refractivity contribution >= 4 is 55.1 Å². The summed E-state index contributed by atoms with van der Waals surface area (Å²) in [5.41, 5.74) is 0.621. The summed E-state index contributed by atoms with van der Waals surface area (Å²) in [5.74, 6) is -1.03. The molecule has 2 heterocycles. The van der Waals surface area contributed by atoms with Crippen LogP contribution in [-0.4, -0.2) is 18.5 Å². The fourth-order valence-corrected chi connectivity index (χ4v) is 3.37. The molecule has 0 unspecified atom stereocenters. The molecule has 0 aliphatic heterocycles. The van der Waals surface area contributed by atoms with Crippen LogP contribution < -0.4 is 10.9 Å². The summed E-state index contributed by atoms with van der Waals surface area (Å²) in [6.45, 7) is 1.96. The van der Waals surface area contributed by atoms with Crippen molar-refractivity contribution in [3.8, 4) is 0 Å². The molecule has 0 aliphatic rings. The first kappa shape index (κ1) is 17.4. The van der Waals surface area contributed by atoms with E-state index in [4.69, 9.17) is 14.6 Å². The number of carbonyl (C=O) groups is 2. The van der Waals surface area contributed by atoms with Crippen LogP contribution in [0.1, 0.15) is 27.6 Å². The van der Waals surface area contributed by atoms with E-state index >= 15 is 0 Å². The molecule has 6 nitrogen and oxygen atoms in total. The molecule has 3 rings (SSSR count). The minimum absolute atomic E-state index is 0.0776. The normalized spacial score (nSPS) is 10.6. The minimum Gasteiger partial charge on any atom is -0.462 e. The predicted octanol–water partition coefficient (Wildman–Crippen LogP) is 4.17. The molecule has 128 valence electrons. The zero-order valence-corrected chi connectivity index (χ0v) is 15.5. The van der Waals surface area contributed by atoms with E-state index in [-0.39, 0.29) is 23.3 Å². The van der Waals surface area contributed by atoms with Gasteiger partial charge in [0.2, 0.25) is 5.55 Å². The van der Waals surface area contributed by atoms with Crippen LogP contribution in [0.2, 0.25) is 0 Å². The number of hydrogen-bond acceptors (Lipinski definition) is 6. The fraction of sp³-hybridized carbons (Fsp3) is 0.118. The van der Waals surface area contributed by atoms with E-state index in [1.54, 1.807) is 42.6 Å². The minimum atomic E-state index is -0.524. The first-order chi connectivity index (χ1) is 12.0. The molecule has 0 aliphatic carbocycles. The fourth-order valence-electron chi connectivity index (χ4n) is 2.23. The van der Waals surface area contributed by atoms with Gasteiger partial charge in [-0.25, -0.2) is 4.79 Å². The molecule has 0 saturated heterocycles. The maximum atomic E-state index is 12.5.